The van der Waals surface area contributed by atoms with Crippen LogP contribution >= 0.6 is 0 Å². The second-order valence-corrected chi connectivity index (χ2v) is 7.00. The minimum absolute atomic E-state index is 0.0509. The van der Waals surface area contributed by atoms with Crippen molar-refractivity contribution in [2.45, 2.75) is 75.1 Å². The number of hydrogen-bond donors (Lipinski definition) is 3. The summed E-state index contributed by atoms with van der Waals surface area (Å²) in [5.41, 5.74) is -2.34. The molecule has 0 radical (unpaired) electrons. The van der Waals surface area contributed by atoms with E-state index in [0.717, 1.165) is 12.7 Å². The van der Waals surface area contributed by atoms with Crippen LogP contribution in [-0.2, 0) is 14.4 Å². The zero-order valence-corrected chi connectivity index (χ0v) is 12.6. The first-order valence-electron chi connectivity index (χ1n) is 7.45. The van der Waals surface area contributed by atoms with Crippen LogP contribution in [0.5, 0.6) is 0 Å². The third-order valence-corrected chi connectivity index (χ3v) is 4.77. The Morgan fingerprint density at radius 1 is 1.24 bits per heavy atom. The summed E-state index contributed by atoms with van der Waals surface area (Å²) in [6.45, 7) is 3.42. The first-order chi connectivity index (χ1) is 9.74. The van der Waals surface area contributed by atoms with Crippen LogP contribution in [0.25, 0.3) is 0 Å². The normalized spacial score (nSPS) is 42.7. The summed E-state index contributed by atoms with van der Waals surface area (Å²) in [4.78, 5) is 33.8. The van der Waals surface area contributed by atoms with Gasteiger partial charge in [-0.05, 0) is 45.4 Å². The fourth-order valence-electron chi connectivity index (χ4n) is 3.85. The average Bonchev–Trinajstić information content (AvgIpc) is 2.92. The van der Waals surface area contributed by atoms with Crippen molar-refractivity contribution in [1.82, 2.24) is 10.6 Å². The van der Waals surface area contributed by atoms with Gasteiger partial charge in [-0.25, -0.2) is 0 Å². The van der Waals surface area contributed by atoms with Crippen molar-refractivity contribution in [2.24, 2.45) is 0 Å². The van der Waals surface area contributed by atoms with E-state index in [1.807, 2.05) is 6.92 Å². The molecule has 4 unspecified atom stereocenters. The van der Waals surface area contributed by atoms with Crippen molar-refractivity contribution in [3.05, 3.63) is 0 Å². The topological polar surface area (TPSA) is 95.5 Å². The van der Waals surface area contributed by atoms with Gasteiger partial charge in [-0.1, -0.05) is 0 Å². The Bertz CT molecular complexity index is 455. The van der Waals surface area contributed by atoms with Crippen LogP contribution in [0.4, 0.5) is 0 Å². The van der Waals surface area contributed by atoms with Crippen molar-refractivity contribution in [2.75, 3.05) is 0 Å². The van der Waals surface area contributed by atoms with Crippen molar-refractivity contribution < 1.29 is 19.5 Å². The number of carbonyl (C=O) groups excluding carboxylic acids is 3. The Hall–Kier alpha value is -1.27. The molecule has 2 rings (SSSR count). The lowest BCUT2D eigenvalue weighted by atomic mass is 9.92. The maximum atomic E-state index is 11.6. The molecule has 6 heteroatoms. The van der Waals surface area contributed by atoms with Gasteiger partial charge in [0.15, 0.2) is 6.29 Å². The van der Waals surface area contributed by atoms with E-state index in [4.69, 9.17) is 0 Å². The molecule has 0 saturated heterocycles. The third kappa shape index (κ3) is 3.49. The summed E-state index contributed by atoms with van der Waals surface area (Å²) in [5, 5.41) is 16.2. The monoisotopic (exact) mass is 296 g/mol. The van der Waals surface area contributed by atoms with E-state index >= 15 is 0 Å². The summed E-state index contributed by atoms with van der Waals surface area (Å²) in [5.74, 6) is -0.101. The maximum Gasteiger partial charge on any atom is 0.217 e. The third-order valence-electron chi connectivity index (χ3n) is 4.77. The zero-order chi connectivity index (χ0) is 15.7. The quantitative estimate of drug-likeness (QED) is 0.624. The molecule has 21 heavy (non-hydrogen) atoms. The van der Waals surface area contributed by atoms with Gasteiger partial charge < -0.3 is 25.3 Å². The second-order valence-electron chi connectivity index (χ2n) is 7.00. The number of carbonyl (C=O) groups is 3. The summed E-state index contributed by atoms with van der Waals surface area (Å²) in [6, 6.07) is -0.0509. The lowest BCUT2D eigenvalue weighted by molar-refractivity contribution is -0.123. The highest BCUT2D eigenvalue weighted by atomic mass is 16.3. The number of amides is 1. The van der Waals surface area contributed by atoms with E-state index in [1.165, 1.54) is 6.92 Å². The molecule has 1 amide bonds. The minimum Gasteiger partial charge on any atom is -0.382 e. The molecule has 0 bridgehead atoms. The number of aliphatic hydroxyl groups is 1. The summed E-state index contributed by atoms with van der Waals surface area (Å²) >= 11 is 0. The highest BCUT2D eigenvalue weighted by Gasteiger charge is 2.48. The molecule has 0 aromatic rings. The summed E-state index contributed by atoms with van der Waals surface area (Å²) in [7, 11) is 0. The van der Waals surface area contributed by atoms with Crippen LogP contribution in [0.15, 0.2) is 0 Å². The van der Waals surface area contributed by atoms with E-state index in [2.05, 4.69) is 10.6 Å². The van der Waals surface area contributed by atoms with Crippen molar-refractivity contribution in [3.8, 4) is 0 Å². The predicted molar refractivity (Wildman–Crippen MR) is 76.7 cm³/mol. The molecular formula is C15H24N2O4. The first-order valence-corrected chi connectivity index (χ1v) is 7.45. The molecule has 0 aromatic heterocycles. The van der Waals surface area contributed by atoms with E-state index in [1.54, 1.807) is 0 Å². The van der Waals surface area contributed by atoms with Crippen LogP contribution in [-0.4, -0.2) is 46.3 Å². The standard InChI is InChI=1S/C15H24N2O4/c1-11(20)16-13(2)5-6-14(8-13,9-18)17-12-3-4-15(21,7-12)10-19/h9-10,12,17,21H,3-8H2,1-2H3,(H,16,20). The van der Waals surface area contributed by atoms with Crippen LogP contribution in [0.2, 0.25) is 0 Å². The second kappa shape index (κ2) is 5.50. The molecule has 2 aliphatic rings. The molecule has 2 saturated carbocycles. The van der Waals surface area contributed by atoms with Gasteiger partial charge in [-0.15, -0.1) is 0 Å². The maximum absolute atomic E-state index is 11.6. The molecule has 2 aliphatic carbocycles. The lowest BCUT2D eigenvalue weighted by Crippen LogP contribution is -2.53. The Morgan fingerprint density at radius 3 is 2.48 bits per heavy atom. The highest BCUT2D eigenvalue weighted by molar-refractivity contribution is 5.74. The molecule has 6 nitrogen and oxygen atoms in total. The molecule has 0 aliphatic heterocycles. The molecule has 2 fully saturated rings. The van der Waals surface area contributed by atoms with Crippen molar-refractivity contribution in [1.29, 1.82) is 0 Å². The van der Waals surface area contributed by atoms with E-state index < -0.39 is 11.1 Å². The zero-order valence-electron chi connectivity index (χ0n) is 12.6. The van der Waals surface area contributed by atoms with Crippen molar-refractivity contribution in [3.63, 3.8) is 0 Å². The number of hydrogen-bond acceptors (Lipinski definition) is 5. The van der Waals surface area contributed by atoms with Gasteiger partial charge in [-0.3, -0.25) is 4.79 Å². The van der Waals surface area contributed by atoms with Gasteiger partial charge in [0.1, 0.15) is 11.9 Å². The number of aldehydes is 2. The Morgan fingerprint density at radius 2 is 1.95 bits per heavy atom. The highest BCUT2D eigenvalue weighted by Crippen LogP contribution is 2.39. The van der Waals surface area contributed by atoms with Crippen LogP contribution in [0.3, 0.4) is 0 Å². The van der Waals surface area contributed by atoms with Crippen LogP contribution < -0.4 is 10.6 Å². The number of nitrogens with one attached hydrogen (secondary N) is 2. The molecule has 3 N–H and O–H groups in total. The molecule has 0 aromatic carbocycles. The first kappa shape index (κ1) is 16.1. The molecule has 118 valence electrons. The summed E-state index contributed by atoms with van der Waals surface area (Å²) < 4.78 is 0. The molecular weight excluding hydrogens is 272 g/mol. The van der Waals surface area contributed by atoms with Gasteiger partial charge in [-0.2, -0.15) is 0 Å². The fraction of sp³-hybridized carbons (Fsp3) is 0.800. The van der Waals surface area contributed by atoms with Crippen LogP contribution in [0.1, 0.15) is 52.4 Å². The van der Waals surface area contributed by atoms with E-state index in [9.17, 15) is 19.5 Å². The molecule has 0 spiro atoms. The Balaban J connectivity index is 2.02. The molecule has 4 atom stereocenters. The van der Waals surface area contributed by atoms with Gasteiger partial charge in [0.05, 0.1) is 5.54 Å². The Kier molecular flexibility index (Phi) is 4.22. The van der Waals surface area contributed by atoms with Crippen LogP contribution in [0, 0.1) is 0 Å². The smallest absolute Gasteiger partial charge is 0.217 e. The SMILES string of the molecule is CC(=O)NC1(C)CCC(C=O)(NC2CCC(O)(C=O)C2)C1. The van der Waals surface area contributed by atoms with Gasteiger partial charge in [0.2, 0.25) is 5.91 Å². The van der Waals surface area contributed by atoms with E-state index in [-0.39, 0.29) is 17.5 Å². The largest absolute Gasteiger partial charge is 0.382 e. The van der Waals surface area contributed by atoms with Gasteiger partial charge >= 0.3 is 0 Å². The van der Waals surface area contributed by atoms with Crippen molar-refractivity contribution >= 4 is 18.5 Å². The lowest BCUT2D eigenvalue weighted by Gasteiger charge is -2.32. The average molecular weight is 296 g/mol. The van der Waals surface area contributed by atoms with Gasteiger partial charge in [0, 0.05) is 18.5 Å². The van der Waals surface area contributed by atoms with E-state index in [0.29, 0.717) is 38.4 Å². The predicted octanol–water partition coefficient (Wildman–Crippen LogP) is 0.0749. The Labute approximate surface area is 124 Å². The number of rotatable bonds is 5. The fourth-order valence-corrected chi connectivity index (χ4v) is 3.85. The minimum atomic E-state index is -1.26. The van der Waals surface area contributed by atoms with Gasteiger partial charge in [0.25, 0.3) is 0 Å². The molecule has 0 heterocycles. The summed E-state index contributed by atoms with van der Waals surface area (Å²) in [6.07, 6.45) is 4.83.